The van der Waals surface area contributed by atoms with Gasteiger partial charge in [-0.2, -0.15) is 0 Å². The molecule has 1 aromatic rings. The van der Waals surface area contributed by atoms with Gasteiger partial charge in [-0.25, -0.2) is 0 Å². The minimum Gasteiger partial charge on any atom is -0.296 e. The topological polar surface area (TPSA) is 3.24 Å². The highest BCUT2D eigenvalue weighted by atomic mass is 15.2. The Bertz CT molecular complexity index is 302. The van der Waals surface area contributed by atoms with Gasteiger partial charge >= 0.3 is 0 Å². The molecule has 0 amide bonds. The summed E-state index contributed by atoms with van der Waals surface area (Å²) >= 11 is 0. The number of rotatable bonds is 3. The summed E-state index contributed by atoms with van der Waals surface area (Å²) < 4.78 is 0. The molecule has 0 radical (unpaired) electrons. The van der Waals surface area contributed by atoms with E-state index in [1.165, 1.54) is 36.9 Å². The van der Waals surface area contributed by atoms with Crippen molar-refractivity contribution < 1.29 is 0 Å². The van der Waals surface area contributed by atoms with Gasteiger partial charge < -0.3 is 0 Å². The van der Waals surface area contributed by atoms with Gasteiger partial charge in [0.25, 0.3) is 0 Å². The van der Waals surface area contributed by atoms with E-state index >= 15 is 0 Å². The quantitative estimate of drug-likeness (QED) is 0.728. The van der Waals surface area contributed by atoms with E-state index in [9.17, 15) is 0 Å². The number of nitrogens with zero attached hydrogens (tertiary/aromatic N) is 1. The highest BCUT2D eigenvalue weighted by Gasteiger charge is 2.22. The summed E-state index contributed by atoms with van der Waals surface area (Å²) in [6, 6.07) is 9.78. The lowest BCUT2D eigenvalue weighted by molar-refractivity contribution is 0.240. The van der Waals surface area contributed by atoms with Gasteiger partial charge in [-0.05, 0) is 38.3 Å². The van der Waals surface area contributed by atoms with Crippen molar-refractivity contribution in [1.29, 1.82) is 0 Å². The minimum atomic E-state index is 0.825. The lowest BCUT2D eigenvalue weighted by atomic mass is 10.1. The second-order valence-corrected chi connectivity index (χ2v) is 4.66. The van der Waals surface area contributed by atoms with Crippen molar-refractivity contribution in [3.05, 3.63) is 35.4 Å². The Kier molecular flexibility index (Phi) is 3.42. The molecular weight excluding hydrogens is 182 g/mol. The Hall–Kier alpha value is -0.820. The van der Waals surface area contributed by atoms with Crippen LogP contribution in [0, 0.1) is 6.92 Å². The molecule has 1 unspecified atom stereocenters. The number of likely N-dealkylation sites (tertiary alicyclic amines) is 1. The van der Waals surface area contributed by atoms with Gasteiger partial charge in [-0.3, -0.25) is 4.90 Å². The Morgan fingerprint density at radius 2 is 2.00 bits per heavy atom. The predicted octanol–water partition coefficient (Wildman–Crippen LogP) is 3.37. The fourth-order valence-corrected chi connectivity index (χ4v) is 2.49. The lowest BCUT2D eigenvalue weighted by Crippen LogP contribution is -2.28. The summed E-state index contributed by atoms with van der Waals surface area (Å²) in [4.78, 5) is 2.63. The minimum absolute atomic E-state index is 0.825. The molecule has 1 nitrogen and oxygen atoms in total. The van der Waals surface area contributed by atoms with Gasteiger partial charge in [0.1, 0.15) is 0 Å². The van der Waals surface area contributed by atoms with E-state index in [2.05, 4.69) is 43.0 Å². The molecule has 1 heteroatoms. The predicted molar refractivity (Wildman–Crippen MR) is 64.9 cm³/mol. The average molecular weight is 203 g/mol. The Morgan fingerprint density at radius 1 is 1.27 bits per heavy atom. The fraction of sp³-hybridized carbons (Fsp3) is 0.571. The van der Waals surface area contributed by atoms with E-state index in [1.807, 2.05) is 0 Å². The van der Waals surface area contributed by atoms with E-state index in [0.717, 1.165) is 12.6 Å². The van der Waals surface area contributed by atoms with Crippen molar-refractivity contribution in [3.8, 4) is 0 Å². The largest absolute Gasteiger partial charge is 0.296 e. The third kappa shape index (κ3) is 2.60. The Balaban J connectivity index is 1.99. The zero-order chi connectivity index (χ0) is 10.7. The van der Waals surface area contributed by atoms with Gasteiger partial charge in [-0.15, -0.1) is 0 Å². The van der Waals surface area contributed by atoms with Crippen LogP contribution in [0.25, 0.3) is 0 Å². The molecule has 0 aliphatic carbocycles. The maximum atomic E-state index is 2.63. The molecule has 2 rings (SSSR count). The SMILES string of the molecule is CCC1CCCN1Cc1ccc(C)cc1. The van der Waals surface area contributed by atoms with Crippen LogP contribution in [0.2, 0.25) is 0 Å². The first-order valence-electron chi connectivity index (χ1n) is 6.09. The third-order valence-corrected chi connectivity index (χ3v) is 3.48. The molecule has 0 N–H and O–H groups in total. The molecule has 82 valence electrons. The van der Waals surface area contributed by atoms with Crippen LogP contribution in [0.15, 0.2) is 24.3 Å². The van der Waals surface area contributed by atoms with Crippen molar-refractivity contribution in [2.24, 2.45) is 0 Å². The molecule has 1 fully saturated rings. The summed E-state index contributed by atoms with van der Waals surface area (Å²) in [5.74, 6) is 0. The maximum Gasteiger partial charge on any atom is 0.0236 e. The molecule has 0 bridgehead atoms. The fourth-order valence-electron chi connectivity index (χ4n) is 2.49. The van der Waals surface area contributed by atoms with Crippen LogP contribution in [-0.2, 0) is 6.54 Å². The van der Waals surface area contributed by atoms with Crippen LogP contribution in [0.3, 0.4) is 0 Å². The summed E-state index contributed by atoms with van der Waals surface area (Å²) in [6.45, 7) is 6.87. The van der Waals surface area contributed by atoms with Crippen molar-refractivity contribution in [2.75, 3.05) is 6.54 Å². The van der Waals surface area contributed by atoms with Crippen LogP contribution in [0.1, 0.15) is 37.3 Å². The van der Waals surface area contributed by atoms with Crippen LogP contribution in [0.4, 0.5) is 0 Å². The van der Waals surface area contributed by atoms with E-state index < -0.39 is 0 Å². The smallest absolute Gasteiger partial charge is 0.0236 e. The second kappa shape index (κ2) is 4.80. The number of aryl methyl sites for hydroxylation is 1. The summed E-state index contributed by atoms with van der Waals surface area (Å²) in [5, 5.41) is 0. The van der Waals surface area contributed by atoms with Crippen LogP contribution in [-0.4, -0.2) is 17.5 Å². The third-order valence-electron chi connectivity index (χ3n) is 3.48. The summed E-state index contributed by atoms with van der Waals surface area (Å²) in [6.07, 6.45) is 4.07. The normalized spacial score (nSPS) is 22.1. The highest BCUT2D eigenvalue weighted by molar-refractivity contribution is 5.21. The Morgan fingerprint density at radius 3 is 2.67 bits per heavy atom. The van der Waals surface area contributed by atoms with Gasteiger partial charge in [-0.1, -0.05) is 36.8 Å². The molecule has 1 aliphatic heterocycles. The van der Waals surface area contributed by atoms with Crippen molar-refractivity contribution in [3.63, 3.8) is 0 Å². The van der Waals surface area contributed by atoms with Gasteiger partial charge in [0.05, 0.1) is 0 Å². The monoisotopic (exact) mass is 203 g/mol. The van der Waals surface area contributed by atoms with E-state index in [4.69, 9.17) is 0 Å². The zero-order valence-corrected chi connectivity index (χ0v) is 9.87. The molecule has 1 heterocycles. The first kappa shape index (κ1) is 10.7. The molecule has 1 saturated heterocycles. The molecule has 1 aliphatic rings. The Labute approximate surface area is 93.1 Å². The number of hydrogen-bond donors (Lipinski definition) is 0. The molecule has 15 heavy (non-hydrogen) atoms. The molecule has 1 aromatic carbocycles. The number of hydrogen-bond acceptors (Lipinski definition) is 1. The van der Waals surface area contributed by atoms with Gasteiger partial charge in [0, 0.05) is 12.6 Å². The molecule has 0 saturated carbocycles. The molecular formula is C14H21N. The number of benzene rings is 1. The molecule has 1 atom stereocenters. The highest BCUT2D eigenvalue weighted by Crippen LogP contribution is 2.22. The van der Waals surface area contributed by atoms with Crippen LogP contribution in [0.5, 0.6) is 0 Å². The summed E-state index contributed by atoms with van der Waals surface area (Å²) in [7, 11) is 0. The maximum absolute atomic E-state index is 2.63. The van der Waals surface area contributed by atoms with E-state index in [0.29, 0.717) is 0 Å². The van der Waals surface area contributed by atoms with E-state index in [1.54, 1.807) is 0 Å². The second-order valence-electron chi connectivity index (χ2n) is 4.66. The first-order chi connectivity index (χ1) is 7.29. The van der Waals surface area contributed by atoms with Crippen LogP contribution >= 0.6 is 0 Å². The average Bonchev–Trinajstić information content (AvgIpc) is 2.69. The van der Waals surface area contributed by atoms with Crippen molar-refractivity contribution >= 4 is 0 Å². The van der Waals surface area contributed by atoms with Crippen molar-refractivity contribution in [2.45, 2.75) is 45.7 Å². The molecule has 0 spiro atoms. The molecule has 0 aromatic heterocycles. The van der Waals surface area contributed by atoms with Gasteiger partial charge in [0.15, 0.2) is 0 Å². The first-order valence-corrected chi connectivity index (χ1v) is 6.09. The zero-order valence-electron chi connectivity index (χ0n) is 9.87. The van der Waals surface area contributed by atoms with Crippen molar-refractivity contribution in [1.82, 2.24) is 4.90 Å². The standard InChI is InChI=1S/C14H21N/c1-3-14-5-4-10-15(14)11-13-8-6-12(2)7-9-13/h6-9,14H,3-5,10-11H2,1-2H3. The lowest BCUT2D eigenvalue weighted by Gasteiger charge is -2.23. The van der Waals surface area contributed by atoms with Crippen LogP contribution < -0.4 is 0 Å². The van der Waals surface area contributed by atoms with E-state index in [-0.39, 0.29) is 0 Å². The van der Waals surface area contributed by atoms with Gasteiger partial charge in [0.2, 0.25) is 0 Å². The summed E-state index contributed by atoms with van der Waals surface area (Å²) in [5.41, 5.74) is 2.81.